The Morgan fingerprint density at radius 2 is 1.82 bits per heavy atom. The molecular formula is C9H18O2. The number of ketones is 1. The van der Waals surface area contributed by atoms with Gasteiger partial charge >= 0.3 is 0 Å². The number of carbonyl (C=O) groups is 1. The van der Waals surface area contributed by atoms with E-state index in [1.54, 1.807) is 0 Å². The normalized spacial score (nSPS) is 16.5. The number of hydrogen-bond donors (Lipinski definition) is 1. The molecule has 0 heterocycles. The molecule has 0 aromatic heterocycles. The summed E-state index contributed by atoms with van der Waals surface area (Å²) in [7, 11) is 0. The highest BCUT2D eigenvalue weighted by Crippen LogP contribution is 2.16. The van der Waals surface area contributed by atoms with Crippen molar-refractivity contribution < 1.29 is 9.90 Å². The van der Waals surface area contributed by atoms with Gasteiger partial charge in [0.2, 0.25) is 0 Å². The highest BCUT2D eigenvalue weighted by Gasteiger charge is 2.16. The monoisotopic (exact) mass is 158 g/mol. The highest BCUT2D eigenvalue weighted by atomic mass is 16.3. The van der Waals surface area contributed by atoms with Gasteiger partial charge in [-0.25, -0.2) is 0 Å². The quantitative estimate of drug-likeness (QED) is 0.675. The maximum Gasteiger partial charge on any atom is 0.158 e. The molecule has 0 rings (SSSR count). The SMILES string of the molecule is CC(=O)C(O)CC(C)C(C)C. The van der Waals surface area contributed by atoms with Crippen LogP contribution >= 0.6 is 0 Å². The number of hydrogen-bond acceptors (Lipinski definition) is 2. The third-order valence-corrected chi connectivity index (χ3v) is 2.20. The van der Waals surface area contributed by atoms with Crippen molar-refractivity contribution >= 4 is 5.78 Å². The summed E-state index contributed by atoms with van der Waals surface area (Å²) >= 11 is 0. The molecule has 0 spiro atoms. The number of aliphatic hydroxyl groups excluding tert-OH is 1. The molecule has 11 heavy (non-hydrogen) atoms. The molecule has 0 aliphatic carbocycles. The van der Waals surface area contributed by atoms with E-state index in [1.807, 2.05) is 0 Å². The molecule has 0 aromatic rings. The summed E-state index contributed by atoms with van der Waals surface area (Å²) < 4.78 is 0. The van der Waals surface area contributed by atoms with E-state index in [9.17, 15) is 9.90 Å². The zero-order valence-electron chi connectivity index (χ0n) is 7.79. The van der Waals surface area contributed by atoms with Crippen LogP contribution in [0.4, 0.5) is 0 Å². The van der Waals surface area contributed by atoms with Crippen LogP contribution in [0.2, 0.25) is 0 Å². The molecule has 0 aromatic carbocycles. The Balaban J connectivity index is 3.75. The van der Waals surface area contributed by atoms with E-state index in [-0.39, 0.29) is 5.78 Å². The maximum absolute atomic E-state index is 10.7. The minimum Gasteiger partial charge on any atom is -0.385 e. The summed E-state index contributed by atoms with van der Waals surface area (Å²) in [6.07, 6.45) is -0.167. The lowest BCUT2D eigenvalue weighted by Crippen LogP contribution is -2.21. The molecule has 0 amide bonds. The van der Waals surface area contributed by atoms with E-state index in [1.165, 1.54) is 6.92 Å². The van der Waals surface area contributed by atoms with Gasteiger partial charge in [0.15, 0.2) is 5.78 Å². The van der Waals surface area contributed by atoms with Crippen molar-refractivity contribution in [2.75, 3.05) is 0 Å². The first-order chi connectivity index (χ1) is 4.95. The van der Waals surface area contributed by atoms with E-state index in [2.05, 4.69) is 20.8 Å². The fraction of sp³-hybridized carbons (Fsp3) is 0.889. The van der Waals surface area contributed by atoms with Gasteiger partial charge < -0.3 is 5.11 Å². The molecule has 2 nitrogen and oxygen atoms in total. The second-order valence-corrected chi connectivity index (χ2v) is 3.58. The van der Waals surface area contributed by atoms with Crippen LogP contribution in [0.5, 0.6) is 0 Å². The summed E-state index contributed by atoms with van der Waals surface area (Å²) in [5, 5.41) is 9.20. The van der Waals surface area contributed by atoms with Gasteiger partial charge in [0.1, 0.15) is 6.10 Å². The minimum absolute atomic E-state index is 0.127. The van der Waals surface area contributed by atoms with Gasteiger partial charge in [0.05, 0.1) is 0 Å². The van der Waals surface area contributed by atoms with Crippen LogP contribution in [-0.2, 0) is 4.79 Å². The fourth-order valence-electron chi connectivity index (χ4n) is 0.790. The van der Waals surface area contributed by atoms with E-state index in [0.717, 1.165) is 0 Å². The van der Waals surface area contributed by atoms with Crippen LogP contribution in [-0.4, -0.2) is 17.0 Å². The van der Waals surface area contributed by atoms with Gasteiger partial charge in [-0.05, 0) is 25.2 Å². The van der Waals surface area contributed by atoms with Gasteiger partial charge in [0.25, 0.3) is 0 Å². The van der Waals surface area contributed by atoms with E-state index >= 15 is 0 Å². The number of rotatable bonds is 4. The molecule has 0 saturated heterocycles. The summed E-state index contributed by atoms with van der Waals surface area (Å²) in [5.74, 6) is 0.815. The van der Waals surface area contributed by atoms with Crippen molar-refractivity contribution in [3.05, 3.63) is 0 Å². The smallest absolute Gasteiger partial charge is 0.158 e. The first-order valence-corrected chi connectivity index (χ1v) is 4.13. The van der Waals surface area contributed by atoms with Crippen LogP contribution in [0.15, 0.2) is 0 Å². The average molecular weight is 158 g/mol. The Kier molecular flexibility index (Phi) is 4.34. The summed E-state index contributed by atoms with van der Waals surface area (Å²) in [6.45, 7) is 7.67. The van der Waals surface area contributed by atoms with Crippen molar-refractivity contribution in [1.82, 2.24) is 0 Å². The van der Waals surface area contributed by atoms with Crippen LogP contribution in [0.1, 0.15) is 34.1 Å². The van der Waals surface area contributed by atoms with Gasteiger partial charge in [0, 0.05) is 0 Å². The van der Waals surface area contributed by atoms with Gasteiger partial charge in [-0.3, -0.25) is 4.79 Å². The van der Waals surface area contributed by atoms with Crippen molar-refractivity contribution in [3.8, 4) is 0 Å². The molecule has 0 aliphatic rings. The molecule has 0 aliphatic heterocycles. The lowest BCUT2D eigenvalue weighted by atomic mass is 9.91. The average Bonchev–Trinajstić information content (AvgIpc) is 1.87. The minimum atomic E-state index is -0.757. The Morgan fingerprint density at radius 1 is 1.36 bits per heavy atom. The predicted octanol–water partition coefficient (Wildman–Crippen LogP) is 1.62. The Bertz CT molecular complexity index is 130. The zero-order chi connectivity index (χ0) is 9.02. The Labute approximate surface area is 68.6 Å². The van der Waals surface area contributed by atoms with Crippen LogP contribution in [0.25, 0.3) is 0 Å². The largest absolute Gasteiger partial charge is 0.385 e. The second kappa shape index (κ2) is 4.50. The molecule has 0 radical (unpaired) electrons. The molecule has 2 atom stereocenters. The van der Waals surface area contributed by atoms with E-state index in [0.29, 0.717) is 18.3 Å². The van der Waals surface area contributed by atoms with Crippen LogP contribution in [0, 0.1) is 11.8 Å². The molecule has 0 saturated carbocycles. The summed E-state index contributed by atoms with van der Waals surface area (Å²) in [5.41, 5.74) is 0. The third kappa shape index (κ3) is 4.14. The Morgan fingerprint density at radius 3 is 2.09 bits per heavy atom. The molecule has 1 N–H and O–H groups in total. The molecule has 0 fully saturated rings. The topological polar surface area (TPSA) is 37.3 Å². The van der Waals surface area contributed by atoms with Crippen molar-refractivity contribution in [2.24, 2.45) is 11.8 Å². The van der Waals surface area contributed by atoms with Crippen molar-refractivity contribution in [1.29, 1.82) is 0 Å². The second-order valence-electron chi connectivity index (χ2n) is 3.58. The zero-order valence-corrected chi connectivity index (χ0v) is 7.79. The predicted molar refractivity (Wildman–Crippen MR) is 45.3 cm³/mol. The van der Waals surface area contributed by atoms with Gasteiger partial charge in [-0.2, -0.15) is 0 Å². The molecule has 2 heteroatoms. The number of Topliss-reactive ketones (excluding diaryl/α,β-unsaturated/α-hetero) is 1. The highest BCUT2D eigenvalue weighted by molar-refractivity contribution is 5.80. The lowest BCUT2D eigenvalue weighted by molar-refractivity contribution is -0.125. The summed E-state index contributed by atoms with van der Waals surface area (Å²) in [4.78, 5) is 10.7. The maximum atomic E-state index is 10.7. The lowest BCUT2D eigenvalue weighted by Gasteiger charge is -2.17. The van der Waals surface area contributed by atoms with Crippen molar-refractivity contribution in [2.45, 2.75) is 40.2 Å². The van der Waals surface area contributed by atoms with Gasteiger partial charge in [-0.15, -0.1) is 0 Å². The van der Waals surface area contributed by atoms with Crippen molar-refractivity contribution in [3.63, 3.8) is 0 Å². The molecule has 66 valence electrons. The number of aliphatic hydroxyl groups is 1. The fourth-order valence-corrected chi connectivity index (χ4v) is 0.790. The van der Waals surface area contributed by atoms with Gasteiger partial charge in [-0.1, -0.05) is 20.8 Å². The summed E-state index contributed by atoms with van der Waals surface area (Å²) in [6, 6.07) is 0. The van der Waals surface area contributed by atoms with E-state index in [4.69, 9.17) is 0 Å². The standard InChI is InChI=1S/C9H18O2/c1-6(2)7(3)5-9(11)8(4)10/h6-7,9,11H,5H2,1-4H3. The molecular weight excluding hydrogens is 140 g/mol. The first-order valence-electron chi connectivity index (χ1n) is 4.13. The van der Waals surface area contributed by atoms with Crippen LogP contribution in [0.3, 0.4) is 0 Å². The molecule has 2 unspecified atom stereocenters. The van der Waals surface area contributed by atoms with Crippen LogP contribution < -0.4 is 0 Å². The number of carbonyl (C=O) groups excluding carboxylic acids is 1. The van der Waals surface area contributed by atoms with E-state index < -0.39 is 6.10 Å². The first kappa shape index (κ1) is 10.6. The molecule has 0 bridgehead atoms. The third-order valence-electron chi connectivity index (χ3n) is 2.20. The Hall–Kier alpha value is -0.370.